The zero-order chi connectivity index (χ0) is 13.3. The Bertz CT molecular complexity index is 322. The van der Waals surface area contributed by atoms with E-state index >= 15 is 0 Å². The molecule has 1 spiro atoms. The first-order valence-electron chi connectivity index (χ1n) is 7.85. The van der Waals surface area contributed by atoms with E-state index in [1.165, 1.54) is 58.4 Å². The van der Waals surface area contributed by atoms with Crippen molar-refractivity contribution >= 4 is 5.91 Å². The van der Waals surface area contributed by atoms with Gasteiger partial charge in [-0.05, 0) is 57.8 Å². The Balaban J connectivity index is 1.41. The fourth-order valence-electron chi connectivity index (χ4n) is 3.94. The second kappa shape index (κ2) is 5.41. The van der Waals surface area contributed by atoms with Crippen LogP contribution in [0.1, 0.15) is 32.6 Å². The van der Waals surface area contributed by atoms with E-state index in [9.17, 15) is 4.79 Å². The van der Waals surface area contributed by atoms with Crippen molar-refractivity contribution in [1.82, 2.24) is 15.1 Å². The zero-order valence-corrected chi connectivity index (χ0v) is 12.2. The van der Waals surface area contributed by atoms with Crippen molar-refractivity contribution in [3.8, 4) is 0 Å². The molecule has 0 aromatic rings. The number of carbonyl (C=O) groups is 1. The van der Waals surface area contributed by atoms with Gasteiger partial charge in [0.05, 0.1) is 0 Å². The molecular formula is C15H27N3O. The van der Waals surface area contributed by atoms with Gasteiger partial charge in [-0.3, -0.25) is 4.79 Å². The van der Waals surface area contributed by atoms with Crippen LogP contribution in [0.2, 0.25) is 0 Å². The summed E-state index contributed by atoms with van der Waals surface area (Å²) < 4.78 is 0. The highest BCUT2D eigenvalue weighted by Gasteiger charge is 2.45. The van der Waals surface area contributed by atoms with Gasteiger partial charge in [-0.15, -0.1) is 0 Å². The lowest BCUT2D eigenvalue weighted by Gasteiger charge is -2.54. The highest BCUT2D eigenvalue weighted by Crippen LogP contribution is 2.40. The summed E-state index contributed by atoms with van der Waals surface area (Å²) >= 11 is 0. The molecule has 0 bridgehead atoms. The molecule has 0 unspecified atom stereocenters. The Morgan fingerprint density at radius 1 is 1.21 bits per heavy atom. The van der Waals surface area contributed by atoms with Crippen LogP contribution in [-0.2, 0) is 4.79 Å². The number of likely N-dealkylation sites (tertiary alicyclic amines) is 2. The van der Waals surface area contributed by atoms with Crippen molar-refractivity contribution in [2.24, 2.45) is 11.3 Å². The van der Waals surface area contributed by atoms with E-state index in [1.807, 2.05) is 4.90 Å². The maximum absolute atomic E-state index is 11.3. The van der Waals surface area contributed by atoms with Crippen LogP contribution in [0, 0.1) is 11.3 Å². The van der Waals surface area contributed by atoms with Crippen LogP contribution in [-0.4, -0.2) is 61.5 Å². The lowest BCUT2D eigenvalue weighted by Crippen LogP contribution is -2.61. The number of amides is 1. The molecule has 1 N–H and O–H groups in total. The fraction of sp³-hybridized carbons (Fsp3) is 0.933. The van der Waals surface area contributed by atoms with E-state index in [-0.39, 0.29) is 5.91 Å². The Morgan fingerprint density at radius 3 is 2.42 bits per heavy atom. The Kier molecular flexibility index (Phi) is 3.81. The highest BCUT2D eigenvalue weighted by atomic mass is 16.2. The molecule has 0 saturated carbocycles. The Hall–Kier alpha value is -0.610. The molecule has 3 heterocycles. The summed E-state index contributed by atoms with van der Waals surface area (Å²) in [5, 5.41) is 3.44. The third-order valence-electron chi connectivity index (χ3n) is 5.39. The first-order valence-corrected chi connectivity index (χ1v) is 7.85. The van der Waals surface area contributed by atoms with E-state index in [4.69, 9.17) is 0 Å². The molecule has 4 nitrogen and oxygen atoms in total. The number of nitrogens with zero attached hydrogens (tertiary/aromatic N) is 2. The van der Waals surface area contributed by atoms with Crippen LogP contribution >= 0.6 is 0 Å². The molecule has 0 radical (unpaired) electrons. The maximum Gasteiger partial charge on any atom is 0.219 e. The maximum atomic E-state index is 11.3. The van der Waals surface area contributed by atoms with Gasteiger partial charge >= 0.3 is 0 Å². The van der Waals surface area contributed by atoms with Crippen molar-refractivity contribution < 1.29 is 4.79 Å². The lowest BCUT2D eigenvalue weighted by atomic mass is 9.72. The predicted octanol–water partition coefficient (Wildman–Crippen LogP) is 0.930. The Labute approximate surface area is 116 Å². The van der Waals surface area contributed by atoms with Gasteiger partial charge in [0.15, 0.2) is 0 Å². The van der Waals surface area contributed by atoms with Crippen molar-refractivity contribution in [1.29, 1.82) is 0 Å². The molecule has 3 aliphatic rings. The van der Waals surface area contributed by atoms with E-state index in [0.29, 0.717) is 5.41 Å². The van der Waals surface area contributed by atoms with Crippen LogP contribution in [0.4, 0.5) is 0 Å². The monoisotopic (exact) mass is 265 g/mol. The fourth-order valence-corrected chi connectivity index (χ4v) is 3.94. The van der Waals surface area contributed by atoms with Gasteiger partial charge in [-0.2, -0.15) is 0 Å². The largest absolute Gasteiger partial charge is 0.342 e. The molecule has 108 valence electrons. The molecule has 0 aromatic heterocycles. The number of hydrogen-bond donors (Lipinski definition) is 1. The third kappa shape index (κ3) is 2.95. The molecule has 1 amide bonds. The topological polar surface area (TPSA) is 35.6 Å². The highest BCUT2D eigenvalue weighted by molar-refractivity contribution is 5.74. The summed E-state index contributed by atoms with van der Waals surface area (Å²) in [7, 11) is 0. The first kappa shape index (κ1) is 13.4. The van der Waals surface area contributed by atoms with Gasteiger partial charge in [0.2, 0.25) is 5.91 Å². The minimum atomic E-state index is 0.253. The Morgan fingerprint density at radius 2 is 1.84 bits per heavy atom. The minimum absolute atomic E-state index is 0.253. The van der Waals surface area contributed by atoms with Crippen LogP contribution in [0.3, 0.4) is 0 Å². The second-order valence-corrected chi connectivity index (χ2v) is 6.87. The average Bonchev–Trinajstić information content (AvgIpc) is 2.38. The zero-order valence-electron chi connectivity index (χ0n) is 12.2. The van der Waals surface area contributed by atoms with Crippen molar-refractivity contribution in [3.63, 3.8) is 0 Å². The third-order valence-corrected chi connectivity index (χ3v) is 5.39. The SMILES string of the molecule is CC(=O)N1CC2(CCN(CC3CCNCC3)CC2)C1. The first-order chi connectivity index (χ1) is 9.17. The van der Waals surface area contributed by atoms with E-state index < -0.39 is 0 Å². The van der Waals surface area contributed by atoms with Crippen LogP contribution in [0.15, 0.2) is 0 Å². The van der Waals surface area contributed by atoms with Gasteiger partial charge in [0.1, 0.15) is 0 Å². The number of carbonyl (C=O) groups excluding carboxylic acids is 1. The van der Waals surface area contributed by atoms with Crippen molar-refractivity contribution in [2.45, 2.75) is 32.6 Å². The molecule has 3 rings (SSSR count). The predicted molar refractivity (Wildman–Crippen MR) is 76.0 cm³/mol. The lowest BCUT2D eigenvalue weighted by molar-refractivity contribution is -0.144. The summed E-state index contributed by atoms with van der Waals surface area (Å²) in [5.41, 5.74) is 0.482. The van der Waals surface area contributed by atoms with Crippen LogP contribution in [0.5, 0.6) is 0 Å². The molecule has 3 aliphatic heterocycles. The normalized spacial score (nSPS) is 28.4. The summed E-state index contributed by atoms with van der Waals surface area (Å²) in [4.78, 5) is 16.0. The number of piperidine rings is 2. The average molecular weight is 265 g/mol. The van der Waals surface area contributed by atoms with E-state index in [2.05, 4.69) is 10.2 Å². The van der Waals surface area contributed by atoms with Crippen molar-refractivity contribution in [2.75, 3.05) is 45.8 Å². The van der Waals surface area contributed by atoms with Gasteiger partial charge in [-0.25, -0.2) is 0 Å². The van der Waals surface area contributed by atoms with E-state index in [1.54, 1.807) is 6.92 Å². The van der Waals surface area contributed by atoms with Gasteiger partial charge in [0, 0.05) is 32.0 Å². The smallest absolute Gasteiger partial charge is 0.219 e. The molecule has 0 aromatic carbocycles. The van der Waals surface area contributed by atoms with Gasteiger partial charge in [0.25, 0.3) is 0 Å². The van der Waals surface area contributed by atoms with Crippen LogP contribution in [0.25, 0.3) is 0 Å². The standard InChI is InChI=1S/C15H27N3O/c1-13(19)18-11-15(12-18)4-8-17(9-5-15)10-14-2-6-16-7-3-14/h14,16H,2-12H2,1H3. The van der Waals surface area contributed by atoms with Gasteiger partial charge < -0.3 is 15.1 Å². The summed E-state index contributed by atoms with van der Waals surface area (Å²) in [6.45, 7) is 9.93. The minimum Gasteiger partial charge on any atom is -0.342 e. The van der Waals surface area contributed by atoms with Crippen LogP contribution < -0.4 is 5.32 Å². The number of nitrogens with one attached hydrogen (secondary N) is 1. The summed E-state index contributed by atoms with van der Waals surface area (Å²) in [5.74, 6) is 1.16. The van der Waals surface area contributed by atoms with Crippen molar-refractivity contribution in [3.05, 3.63) is 0 Å². The molecule has 3 fully saturated rings. The molecule has 0 atom stereocenters. The van der Waals surface area contributed by atoms with Gasteiger partial charge in [-0.1, -0.05) is 0 Å². The van der Waals surface area contributed by atoms with E-state index in [0.717, 1.165) is 19.0 Å². The molecular weight excluding hydrogens is 238 g/mol. The molecule has 19 heavy (non-hydrogen) atoms. The summed E-state index contributed by atoms with van der Waals surface area (Å²) in [6, 6.07) is 0. The number of hydrogen-bond acceptors (Lipinski definition) is 3. The quantitative estimate of drug-likeness (QED) is 0.807. The molecule has 3 saturated heterocycles. The molecule has 4 heteroatoms. The number of rotatable bonds is 2. The molecule has 0 aliphatic carbocycles. The summed E-state index contributed by atoms with van der Waals surface area (Å²) in [6.07, 6.45) is 5.28. The second-order valence-electron chi connectivity index (χ2n) is 6.87.